The molecule has 3 heterocycles. The number of oxazole rings is 1. The van der Waals surface area contributed by atoms with Crippen LogP contribution in [0.2, 0.25) is 0 Å². The van der Waals surface area contributed by atoms with Crippen LogP contribution in [0.3, 0.4) is 0 Å². The van der Waals surface area contributed by atoms with Crippen LogP contribution in [0.4, 0.5) is 5.88 Å². The lowest BCUT2D eigenvalue weighted by Crippen LogP contribution is -2.36. The van der Waals surface area contributed by atoms with Gasteiger partial charge in [0.2, 0.25) is 26.6 Å². The largest absolute Gasteiger partial charge is 0.420 e. The summed E-state index contributed by atoms with van der Waals surface area (Å²) in [6, 6.07) is 6.59. The molecule has 1 aromatic carbocycles. The van der Waals surface area contributed by atoms with Crippen molar-refractivity contribution in [3.8, 4) is 0 Å². The molecule has 2 fully saturated rings. The molecular formula is C22H25N3O5S3. The fraction of sp³-hybridized carbons (Fsp3) is 0.409. The number of nitrogens with zero attached hydrogens (tertiary/aromatic N) is 3. The predicted molar refractivity (Wildman–Crippen MR) is 131 cm³/mol. The Morgan fingerprint density at radius 3 is 2.52 bits per heavy atom. The summed E-state index contributed by atoms with van der Waals surface area (Å²) in [6.45, 7) is 8.27. The first-order valence-electron chi connectivity index (χ1n) is 10.6. The number of anilines is 1. The highest BCUT2D eigenvalue weighted by Gasteiger charge is 2.35. The molecule has 8 nitrogen and oxygen atoms in total. The molecule has 0 aliphatic carbocycles. The van der Waals surface area contributed by atoms with Gasteiger partial charge in [0.15, 0.2) is 0 Å². The minimum atomic E-state index is -3.94. The summed E-state index contributed by atoms with van der Waals surface area (Å²) < 4.78 is 38.7. The molecule has 0 unspecified atom stereocenters. The van der Waals surface area contributed by atoms with E-state index in [9.17, 15) is 13.2 Å². The Morgan fingerprint density at radius 1 is 1.21 bits per heavy atom. The van der Waals surface area contributed by atoms with E-state index in [-0.39, 0.29) is 33.5 Å². The number of sulfone groups is 1. The second-order valence-electron chi connectivity index (χ2n) is 8.26. The lowest BCUT2D eigenvalue weighted by molar-refractivity contribution is -0.122. The van der Waals surface area contributed by atoms with Crippen LogP contribution in [0.1, 0.15) is 25.3 Å². The number of rotatable bonds is 6. The van der Waals surface area contributed by atoms with Crippen molar-refractivity contribution in [2.24, 2.45) is 5.92 Å². The third-order valence-corrected chi connectivity index (χ3v) is 8.20. The van der Waals surface area contributed by atoms with Crippen molar-refractivity contribution in [2.75, 3.05) is 37.7 Å². The van der Waals surface area contributed by atoms with E-state index in [1.54, 1.807) is 34.1 Å². The first kappa shape index (κ1) is 23.9. The van der Waals surface area contributed by atoms with Gasteiger partial charge in [-0.2, -0.15) is 4.98 Å². The maximum atomic E-state index is 13.4. The van der Waals surface area contributed by atoms with Gasteiger partial charge in [0.05, 0.1) is 23.0 Å². The number of thioether (sulfide) groups is 1. The van der Waals surface area contributed by atoms with Crippen molar-refractivity contribution in [2.45, 2.75) is 30.7 Å². The number of morpholine rings is 1. The van der Waals surface area contributed by atoms with E-state index in [1.807, 2.05) is 20.8 Å². The van der Waals surface area contributed by atoms with Gasteiger partial charge in [-0.25, -0.2) is 8.42 Å². The summed E-state index contributed by atoms with van der Waals surface area (Å²) in [5.74, 6) is 0.232. The highest BCUT2D eigenvalue weighted by molar-refractivity contribution is 8.26. The molecule has 0 saturated carbocycles. The Balaban J connectivity index is 1.74. The van der Waals surface area contributed by atoms with Gasteiger partial charge in [-0.1, -0.05) is 55.5 Å². The van der Waals surface area contributed by atoms with E-state index in [2.05, 4.69) is 4.98 Å². The second-order valence-corrected chi connectivity index (χ2v) is 11.8. The van der Waals surface area contributed by atoms with Gasteiger partial charge in [-0.05, 0) is 25.0 Å². The van der Waals surface area contributed by atoms with Crippen molar-refractivity contribution in [3.05, 3.63) is 40.6 Å². The zero-order chi connectivity index (χ0) is 23.8. The molecule has 0 N–H and O–H groups in total. The Kier molecular flexibility index (Phi) is 6.94. The van der Waals surface area contributed by atoms with Crippen LogP contribution in [0.15, 0.2) is 43.5 Å². The number of hydrogen-bond donors (Lipinski definition) is 0. The molecule has 0 radical (unpaired) electrons. The number of thiocarbonyl (C=S) groups is 1. The molecule has 176 valence electrons. The number of aromatic nitrogens is 1. The maximum Gasteiger partial charge on any atom is 0.266 e. The van der Waals surface area contributed by atoms with Gasteiger partial charge in [-0.3, -0.25) is 9.69 Å². The van der Waals surface area contributed by atoms with Gasteiger partial charge < -0.3 is 14.1 Å². The maximum absolute atomic E-state index is 13.4. The smallest absolute Gasteiger partial charge is 0.266 e. The number of benzene rings is 1. The third-order valence-electron chi connectivity index (χ3n) is 5.16. The minimum Gasteiger partial charge on any atom is -0.420 e. The van der Waals surface area contributed by atoms with Gasteiger partial charge in [0, 0.05) is 25.7 Å². The van der Waals surface area contributed by atoms with E-state index in [0.29, 0.717) is 42.1 Å². The van der Waals surface area contributed by atoms with Gasteiger partial charge in [0.1, 0.15) is 4.32 Å². The van der Waals surface area contributed by atoms with Gasteiger partial charge in [-0.15, -0.1) is 0 Å². The number of ether oxygens (including phenoxy) is 1. The molecular weight excluding hydrogens is 482 g/mol. The van der Waals surface area contributed by atoms with Crippen LogP contribution in [0.25, 0.3) is 6.08 Å². The molecule has 2 aliphatic heterocycles. The van der Waals surface area contributed by atoms with Crippen molar-refractivity contribution in [3.63, 3.8) is 0 Å². The van der Waals surface area contributed by atoms with Crippen LogP contribution >= 0.6 is 24.0 Å². The van der Waals surface area contributed by atoms with Crippen LogP contribution < -0.4 is 4.90 Å². The number of aryl methyl sites for hydroxylation is 1. The number of hydrogen-bond acceptors (Lipinski definition) is 9. The van der Waals surface area contributed by atoms with E-state index in [4.69, 9.17) is 21.4 Å². The van der Waals surface area contributed by atoms with Crippen LogP contribution in [0, 0.1) is 12.8 Å². The fourth-order valence-corrected chi connectivity index (χ4v) is 6.05. The Labute approximate surface area is 202 Å². The van der Waals surface area contributed by atoms with E-state index in [1.165, 1.54) is 6.08 Å². The SMILES string of the molecule is Cc1ccc(S(=O)(=O)c2nc(C=C3SC(=S)N(CC(C)C)C3=O)oc2N2CCOCC2)cc1. The summed E-state index contributed by atoms with van der Waals surface area (Å²) in [4.78, 5) is 21.0. The summed E-state index contributed by atoms with van der Waals surface area (Å²) in [5, 5.41) is -0.169. The van der Waals surface area contributed by atoms with Crippen LogP contribution in [0.5, 0.6) is 0 Å². The van der Waals surface area contributed by atoms with Crippen molar-refractivity contribution < 1.29 is 22.4 Å². The van der Waals surface area contributed by atoms with Crippen molar-refractivity contribution in [1.29, 1.82) is 0 Å². The Morgan fingerprint density at radius 2 is 1.88 bits per heavy atom. The first-order valence-corrected chi connectivity index (χ1v) is 13.3. The standard InChI is InChI=1S/C22H25N3O5S3/c1-14(2)13-25-20(26)17(32-22(25)31)12-18-23-19(21(30-18)24-8-10-29-11-9-24)33(27,28)16-6-4-15(3)5-7-16/h4-7,12,14H,8-11,13H2,1-3H3. The Hall–Kier alpha value is -2.21. The molecule has 1 amide bonds. The minimum absolute atomic E-state index is 0.0484. The van der Waals surface area contributed by atoms with Crippen LogP contribution in [-0.2, 0) is 19.4 Å². The first-order chi connectivity index (χ1) is 15.7. The summed E-state index contributed by atoms with van der Waals surface area (Å²) in [5.41, 5.74) is 0.951. The summed E-state index contributed by atoms with van der Waals surface area (Å²) >= 11 is 6.52. The van der Waals surface area contributed by atoms with E-state index < -0.39 is 9.84 Å². The molecule has 2 aromatic rings. The van der Waals surface area contributed by atoms with Gasteiger partial charge >= 0.3 is 0 Å². The summed E-state index contributed by atoms with van der Waals surface area (Å²) in [7, 11) is -3.94. The quantitative estimate of drug-likeness (QED) is 0.430. The average molecular weight is 508 g/mol. The highest BCUT2D eigenvalue weighted by atomic mass is 32.2. The van der Waals surface area contributed by atoms with E-state index in [0.717, 1.165) is 17.3 Å². The molecule has 4 rings (SSSR count). The van der Waals surface area contributed by atoms with Crippen molar-refractivity contribution in [1.82, 2.24) is 9.88 Å². The molecule has 1 aromatic heterocycles. The molecule has 0 atom stereocenters. The fourth-order valence-electron chi connectivity index (χ4n) is 3.48. The topological polar surface area (TPSA) is 93.0 Å². The van der Waals surface area contributed by atoms with E-state index >= 15 is 0 Å². The monoisotopic (exact) mass is 507 g/mol. The summed E-state index contributed by atoms with van der Waals surface area (Å²) in [6.07, 6.45) is 1.47. The number of amides is 1. The normalized spacial score (nSPS) is 18.7. The molecule has 33 heavy (non-hydrogen) atoms. The second kappa shape index (κ2) is 9.57. The predicted octanol–water partition coefficient (Wildman–Crippen LogP) is 3.51. The molecule has 2 aliphatic rings. The molecule has 11 heteroatoms. The number of carbonyl (C=O) groups is 1. The van der Waals surface area contributed by atoms with Crippen LogP contribution in [-0.4, -0.2) is 61.4 Å². The Bertz CT molecular complexity index is 1200. The lowest BCUT2D eigenvalue weighted by atomic mass is 10.2. The lowest BCUT2D eigenvalue weighted by Gasteiger charge is -2.26. The highest BCUT2D eigenvalue weighted by Crippen LogP contribution is 2.36. The number of carbonyl (C=O) groups excluding carboxylic acids is 1. The van der Waals surface area contributed by atoms with Crippen molar-refractivity contribution >= 4 is 56.0 Å². The molecule has 2 saturated heterocycles. The zero-order valence-electron chi connectivity index (χ0n) is 18.6. The molecule has 0 bridgehead atoms. The third kappa shape index (κ3) is 5.01. The zero-order valence-corrected chi connectivity index (χ0v) is 21.1. The average Bonchev–Trinajstić information content (AvgIpc) is 3.32. The van der Waals surface area contributed by atoms with Gasteiger partial charge in [0.25, 0.3) is 5.91 Å². The molecule has 0 spiro atoms.